The number of alkyl halides is 3. The molecule has 1 atom stereocenters. The molecule has 4 aromatic rings. The van der Waals surface area contributed by atoms with E-state index in [0.717, 1.165) is 46.2 Å². The summed E-state index contributed by atoms with van der Waals surface area (Å²) in [4.78, 5) is 26.2. The van der Waals surface area contributed by atoms with Crippen LogP contribution in [-0.4, -0.2) is 32.6 Å². The van der Waals surface area contributed by atoms with E-state index in [1.54, 1.807) is 12.1 Å². The lowest BCUT2D eigenvalue weighted by Crippen LogP contribution is -2.48. The molecular formula is C27H20BrF3N2O5S. The highest BCUT2D eigenvalue weighted by atomic mass is 79.9. The summed E-state index contributed by atoms with van der Waals surface area (Å²) < 4.78 is 75.7. The van der Waals surface area contributed by atoms with Crippen LogP contribution in [0.5, 0.6) is 0 Å². The van der Waals surface area contributed by atoms with Crippen LogP contribution in [0.2, 0.25) is 0 Å². The van der Waals surface area contributed by atoms with Gasteiger partial charge in [0.05, 0.1) is 17.1 Å². The minimum absolute atomic E-state index is 0.00893. The second-order valence-electron chi connectivity index (χ2n) is 8.93. The SMILES string of the molecule is COC(=O)C1CNS(=O)(=O)c2c(-c3cccc(C(F)(F)F)c3)c(Cc3cccc4ccccc34)c(Br)c(=O)n21. The molecule has 1 unspecified atom stereocenters. The van der Waals surface area contributed by atoms with Crippen molar-refractivity contribution in [1.29, 1.82) is 0 Å². The maximum Gasteiger partial charge on any atom is 0.416 e. The van der Waals surface area contributed by atoms with Crippen molar-refractivity contribution in [3.63, 3.8) is 0 Å². The fourth-order valence-corrected chi connectivity index (χ4v) is 6.88. The quantitative estimate of drug-likeness (QED) is 0.322. The molecule has 1 aliphatic rings. The predicted molar refractivity (Wildman–Crippen MR) is 142 cm³/mol. The molecule has 39 heavy (non-hydrogen) atoms. The molecule has 2 heterocycles. The van der Waals surface area contributed by atoms with Crippen LogP contribution in [0.1, 0.15) is 22.7 Å². The summed E-state index contributed by atoms with van der Waals surface area (Å²) in [6.07, 6.45) is -4.70. The summed E-state index contributed by atoms with van der Waals surface area (Å²) >= 11 is 3.30. The van der Waals surface area contributed by atoms with Crippen LogP contribution in [0.4, 0.5) is 13.2 Å². The number of sulfonamides is 1. The van der Waals surface area contributed by atoms with Crippen molar-refractivity contribution in [3.8, 4) is 11.1 Å². The van der Waals surface area contributed by atoms with Gasteiger partial charge in [0.2, 0.25) is 0 Å². The van der Waals surface area contributed by atoms with Crippen molar-refractivity contribution in [2.45, 2.75) is 23.7 Å². The molecule has 0 saturated carbocycles. The molecule has 0 aliphatic carbocycles. The van der Waals surface area contributed by atoms with E-state index in [-0.39, 0.29) is 27.6 Å². The number of carbonyl (C=O) groups excluding carboxylic acids is 1. The number of nitrogens with one attached hydrogen (secondary N) is 1. The van der Waals surface area contributed by atoms with Gasteiger partial charge in [0, 0.05) is 18.5 Å². The van der Waals surface area contributed by atoms with E-state index in [1.165, 1.54) is 6.07 Å². The van der Waals surface area contributed by atoms with Gasteiger partial charge in [0.15, 0.2) is 5.03 Å². The van der Waals surface area contributed by atoms with E-state index in [4.69, 9.17) is 4.74 Å². The second kappa shape index (κ2) is 9.92. The molecule has 0 radical (unpaired) electrons. The maximum absolute atomic E-state index is 13.7. The van der Waals surface area contributed by atoms with Crippen LogP contribution in [0, 0.1) is 0 Å². The summed E-state index contributed by atoms with van der Waals surface area (Å²) in [6.45, 7) is -0.459. The minimum atomic E-state index is -4.71. The molecule has 12 heteroatoms. The molecule has 202 valence electrons. The summed E-state index contributed by atoms with van der Waals surface area (Å²) in [5.41, 5.74) is -1.14. The van der Waals surface area contributed by atoms with E-state index in [2.05, 4.69) is 20.7 Å². The monoisotopic (exact) mass is 620 g/mol. The third kappa shape index (κ3) is 4.77. The number of carbonyl (C=O) groups is 1. The number of hydrogen-bond acceptors (Lipinski definition) is 5. The number of rotatable bonds is 4. The van der Waals surface area contributed by atoms with Crippen molar-refractivity contribution in [2.24, 2.45) is 0 Å². The first kappa shape index (κ1) is 27.1. The summed E-state index contributed by atoms with van der Waals surface area (Å²) in [6, 6.07) is 15.7. The van der Waals surface area contributed by atoms with E-state index in [0.29, 0.717) is 0 Å². The summed E-state index contributed by atoms with van der Waals surface area (Å²) in [5.74, 6) is -0.885. The van der Waals surface area contributed by atoms with Gasteiger partial charge in [-0.1, -0.05) is 54.6 Å². The molecule has 0 spiro atoms. The molecule has 1 aromatic heterocycles. The lowest BCUT2D eigenvalue weighted by atomic mass is 9.93. The Morgan fingerprint density at radius 3 is 2.51 bits per heavy atom. The fraction of sp³-hybridized carbons (Fsp3) is 0.185. The summed E-state index contributed by atoms with van der Waals surface area (Å²) in [7, 11) is -3.35. The third-order valence-corrected chi connectivity index (χ3v) is 8.91. The van der Waals surface area contributed by atoms with Crippen LogP contribution in [0.25, 0.3) is 21.9 Å². The Kier molecular flexibility index (Phi) is 6.90. The predicted octanol–water partition coefficient (Wildman–Crippen LogP) is 5.05. The highest BCUT2D eigenvalue weighted by Gasteiger charge is 2.40. The van der Waals surface area contributed by atoms with Gasteiger partial charge in [0.25, 0.3) is 15.6 Å². The topological polar surface area (TPSA) is 94.5 Å². The molecule has 0 fully saturated rings. The first-order valence-corrected chi connectivity index (χ1v) is 13.9. The fourth-order valence-electron chi connectivity index (χ4n) is 4.86. The van der Waals surface area contributed by atoms with Gasteiger partial charge < -0.3 is 4.74 Å². The Bertz CT molecular complexity index is 1800. The van der Waals surface area contributed by atoms with Gasteiger partial charge >= 0.3 is 12.1 Å². The molecule has 0 amide bonds. The number of esters is 1. The molecular weight excluding hydrogens is 601 g/mol. The lowest BCUT2D eigenvalue weighted by Gasteiger charge is -2.30. The number of nitrogens with zero attached hydrogens (tertiary/aromatic N) is 1. The van der Waals surface area contributed by atoms with Crippen molar-refractivity contribution >= 4 is 42.7 Å². The number of halogens is 4. The number of aromatic nitrogens is 1. The Labute approximate surface area is 229 Å². The molecule has 7 nitrogen and oxygen atoms in total. The molecule has 1 N–H and O–H groups in total. The molecule has 1 aliphatic heterocycles. The lowest BCUT2D eigenvalue weighted by molar-refractivity contribution is -0.144. The first-order chi connectivity index (χ1) is 18.4. The smallest absolute Gasteiger partial charge is 0.416 e. The van der Waals surface area contributed by atoms with Crippen LogP contribution >= 0.6 is 15.9 Å². The number of methoxy groups -OCH3 is 1. The molecule has 0 saturated heterocycles. The average molecular weight is 621 g/mol. The number of pyridine rings is 1. The number of ether oxygens (including phenoxy) is 1. The standard InChI is InChI=1S/C27H20BrF3N2O5S/c1-38-26(35)21-14-32-39(36,37)25-22(17-9-5-10-18(12-17)27(29,30)31)20(23(28)24(34)33(21)25)13-16-8-4-7-15-6-2-3-11-19(15)16/h2-12,21,32H,13-14H2,1H3. The highest BCUT2D eigenvalue weighted by molar-refractivity contribution is 9.10. The van der Waals surface area contributed by atoms with Crippen LogP contribution in [0.3, 0.4) is 0 Å². The van der Waals surface area contributed by atoms with Gasteiger partial charge in [-0.15, -0.1) is 0 Å². The summed E-state index contributed by atoms with van der Waals surface area (Å²) in [5, 5.41) is 1.11. The van der Waals surface area contributed by atoms with Crippen LogP contribution in [0.15, 0.2) is 81.0 Å². The van der Waals surface area contributed by atoms with Gasteiger partial charge in [-0.25, -0.2) is 17.9 Å². The van der Waals surface area contributed by atoms with Crippen LogP contribution in [-0.2, 0) is 32.2 Å². The van der Waals surface area contributed by atoms with Gasteiger partial charge in [0.1, 0.15) is 6.04 Å². The molecule has 5 rings (SSSR count). The highest BCUT2D eigenvalue weighted by Crippen LogP contribution is 2.40. The zero-order valence-electron chi connectivity index (χ0n) is 20.3. The normalized spacial score (nSPS) is 16.6. The Morgan fingerprint density at radius 2 is 1.79 bits per heavy atom. The average Bonchev–Trinajstić information content (AvgIpc) is 2.91. The maximum atomic E-state index is 13.7. The van der Waals surface area contributed by atoms with Crippen molar-refractivity contribution < 1.29 is 31.1 Å². The van der Waals surface area contributed by atoms with Gasteiger partial charge in [-0.05, 0) is 55.5 Å². The van der Waals surface area contributed by atoms with E-state index in [9.17, 15) is 31.2 Å². The largest absolute Gasteiger partial charge is 0.467 e. The third-order valence-electron chi connectivity index (χ3n) is 6.64. The van der Waals surface area contributed by atoms with Gasteiger partial charge in [-0.3, -0.25) is 9.36 Å². The van der Waals surface area contributed by atoms with Crippen molar-refractivity contribution in [2.75, 3.05) is 13.7 Å². The Balaban J connectivity index is 1.90. The molecule has 3 aromatic carbocycles. The van der Waals surface area contributed by atoms with Crippen molar-refractivity contribution in [1.82, 2.24) is 9.29 Å². The zero-order chi connectivity index (χ0) is 28.1. The number of benzene rings is 3. The van der Waals surface area contributed by atoms with Crippen molar-refractivity contribution in [3.05, 3.63) is 98.2 Å². The number of hydrogen-bond donors (Lipinski definition) is 1. The Hall–Kier alpha value is -3.48. The second-order valence-corrected chi connectivity index (χ2v) is 11.4. The minimum Gasteiger partial charge on any atom is -0.467 e. The van der Waals surface area contributed by atoms with E-state index < -0.39 is 50.9 Å². The van der Waals surface area contributed by atoms with E-state index in [1.807, 2.05) is 30.3 Å². The van der Waals surface area contributed by atoms with Crippen LogP contribution < -0.4 is 10.3 Å². The zero-order valence-corrected chi connectivity index (χ0v) is 22.7. The first-order valence-electron chi connectivity index (χ1n) is 11.6. The Morgan fingerprint density at radius 1 is 1.10 bits per heavy atom. The van der Waals surface area contributed by atoms with Gasteiger partial charge in [-0.2, -0.15) is 13.2 Å². The molecule has 0 bridgehead atoms. The number of fused-ring (bicyclic) bond motifs is 2. The van der Waals surface area contributed by atoms with E-state index >= 15 is 0 Å².